The average molecular weight is 302 g/mol. The highest BCUT2D eigenvalue weighted by Crippen LogP contribution is 2.30. The van der Waals surface area contributed by atoms with Crippen molar-refractivity contribution in [2.75, 3.05) is 67.8 Å². The third kappa shape index (κ3) is 5.54. The molecule has 0 N–H and O–H groups in total. The summed E-state index contributed by atoms with van der Waals surface area (Å²) in [7, 11) is 7.58. The van der Waals surface area contributed by atoms with Crippen LogP contribution in [-0.2, 0) is 19.0 Å². The molecular weight excluding hydrogens is 272 g/mol. The largest absolute Gasteiger partial charge is 0.385 e. The molecule has 0 unspecified atom stereocenters. The van der Waals surface area contributed by atoms with E-state index in [1.807, 2.05) is 4.90 Å². The lowest BCUT2D eigenvalue weighted by molar-refractivity contribution is -0.139. The van der Waals surface area contributed by atoms with E-state index >= 15 is 0 Å². The zero-order valence-electron chi connectivity index (χ0n) is 13.9. The number of carbonyl (C=O) groups is 1. The van der Waals surface area contributed by atoms with Gasteiger partial charge in [0, 0.05) is 39.5 Å². The van der Waals surface area contributed by atoms with E-state index in [9.17, 15) is 4.79 Å². The number of rotatable bonds is 9. The predicted octanol–water partition coefficient (Wildman–Crippen LogP) is 0.609. The van der Waals surface area contributed by atoms with E-state index in [4.69, 9.17) is 14.2 Å². The molecule has 1 saturated heterocycles. The molecule has 0 atom stereocenters. The van der Waals surface area contributed by atoms with Crippen LogP contribution in [0.4, 0.5) is 0 Å². The van der Waals surface area contributed by atoms with E-state index < -0.39 is 0 Å². The van der Waals surface area contributed by atoms with Crippen LogP contribution in [0.15, 0.2) is 0 Å². The van der Waals surface area contributed by atoms with Crippen molar-refractivity contribution in [3.8, 4) is 0 Å². The number of likely N-dealkylation sites (tertiary alicyclic amines) is 1. The van der Waals surface area contributed by atoms with Crippen LogP contribution in [0.25, 0.3) is 0 Å². The second-order valence-electron chi connectivity index (χ2n) is 5.79. The molecule has 6 nitrogen and oxygen atoms in total. The summed E-state index contributed by atoms with van der Waals surface area (Å²) in [4.78, 5) is 16.3. The molecule has 124 valence electrons. The molecule has 0 bridgehead atoms. The number of amides is 1. The van der Waals surface area contributed by atoms with E-state index in [-0.39, 0.29) is 18.1 Å². The standard InChI is InChI=1S/C15H30N2O4/c1-16(2)15(7-10-19-3)5-8-17(9-6-15)14(18)13-21-12-11-20-4/h5-13H2,1-4H3. The Labute approximate surface area is 128 Å². The summed E-state index contributed by atoms with van der Waals surface area (Å²) in [6.07, 6.45) is 2.96. The molecule has 1 fully saturated rings. The van der Waals surface area contributed by atoms with Gasteiger partial charge < -0.3 is 24.0 Å². The molecule has 1 aliphatic rings. The number of nitrogens with zero attached hydrogens (tertiary/aromatic N) is 2. The van der Waals surface area contributed by atoms with Crippen LogP contribution in [0.2, 0.25) is 0 Å². The summed E-state index contributed by atoms with van der Waals surface area (Å²) >= 11 is 0. The van der Waals surface area contributed by atoms with Crippen LogP contribution in [0, 0.1) is 0 Å². The van der Waals surface area contributed by atoms with Gasteiger partial charge in [0.25, 0.3) is 0 Å². The highest BCUT2D eigenvalue weighted by Gasteiger charge is 2.37. The molecule has 0 saturated carbocycles. The Kier molecular flexibility index (Phi) is 8.18. The molecule has 1 rings (SSSR count). The fourth-order valence-corrected chi connectivity index (χ4v) is 2.78. The Morgan fingerprint density at radius 1 is 1.10 bits per heavy atom. The number of carbonyl (C=O) groups excluding carboxylic acids is 1. The van der Waals surface area contributed by atoms with E-state index in [1.165, 1.54) is 0 Å². The van der Waals surface area contributed by atoms with Gasteiger partial charge in [-0.2, -0.15) is 0 Å². The third-order valence-electron chi connectivity index (χ3n) is 4.42. The highest BCUT2D eigenvalue weighted by molar-refractivity contribution is 5.77. The number of hydrogen-bond donors (Lipinski definition) is 0. The average Bonchev–Trinajstić information content (AvgIpc) is 2.49. The minimum absolute atomic E-state index is 0.0743. The first-order valence-corrected chi connectivity index (χ1v) is 7.56. The first-order valence-electron chi connectivity index (χ1n) is 7.56. The molecule has 0 aromatic rings. The van der Waals surface area contributed by atoms with E-state index in [2.05, 4.69) is 19.0 Å². The summed E-state index contributed by atoms with van der Waals surface area (Å²) in [6, 6.07) is 0. The summed E-state index contributed by atoms with van der Waals surface area (Å²) < 4.78 is 15.4. The Morgan fingerprint density at radius 3 is 2.24 bits per heavy atom. The number of methoxy groups -OCH3 is 2. The van der Waals surface area contributed by atoms with Crippen LogP contribution in [0.1, 0.15) is 19.3 Å². The van der Waals surface area contributed by atoms with Crippen molar-refractivity contribution in [1.82, 2.24) is 9.80 Å². The van der Waals surface area contributed by atoms with Gasteiger partial charge in [0.2, 0.25) is 5.91 Å². The smallest absolute Gasteiger partial charge is 0.248 e. The van der Waals surface area contributed by atoms with Crippen molar-refractivity contribution < 1.29 is 19.0 Å². The monoisotopic (exact) mass is 302 g/mol. The molecule has 21 heavy (non-hydrogen) atoms. The minimum atomic E-state index is 0.0743. The van der Waals surface area contributed by atoms with Crippen molar-refractivity contribution in [2.24, 2.45) is 0 Å². The van der Waals surface area contributed by atoms with E-state index in [1.54, 1.807) is 14.2 Å². The van der Waals surface area contributed by atoms with Gasteiger partial charge in [0.05, 0.1) is 13.2 Å². The molecule has 0 radical (unpaired) electrons. The maximum Gasteiger partial charge on any atom is 0.248 e. The Bertz CT molecular complexity index is 302. The zero-order valence-corrected chi connectivity index (χ0v) is 13.9. The molecule has 6 heteroatoms. The normalized spacial score (nSPS) is 18.2. The second kappa shape index (κ2) is 9.35. The van der Waals surface area contributed by atoms with Gasteiger partial charge in [-0.25, -0.2) is 0 Å². The van der Waals surface area contributed by atoms with Gasteiger partial charge in [-0.1, -0.05) is 0 Å². The highest BCUT2D eigenvalue weighted by atomic mass is 16.5. The van der Waals surface area contributed by atoms with Gasteiger partial charge in [-0.05, 0) is 33.4 Å². The van der Waals surface area contributed by atoms with Gasteiger partial charge in [0.15, 0.2) is 0 Å². The first-order chi connectivity index (χ1) is 10.1. The molecular formula is C15H30N2O4. The Morgan fingerprint density at radius 2 is 1.71 bits per heavy atom. The van der Waals surface area contributed by atoms with Gasteiger partial charge in [-0.15, -0.1) is 0 Å². The fourth-order valence-electron chi connectivity index (χ4n) is 2.78. The van der Waals surface area contributed by atoms with Crippen molar-refractivity contribution in [1.29, 1.82) is 0 Å². The predicted molar refractivity (Wildman–Crippen MR) is 81.4 cm³/mol. The summed E-state index contributed by atoms with van der Waals surface area (Å²) in [5.41, 5.74) is 0.143. The maximum atomic E-state index is 12.1. The molecule has 0 aromatic heterocycles. The summed E-state index contributed by atoms with van der Waals surface area (Å²) in [5, 5.41) is 0. The van der Waals surface area contributed by atoms with Gasteiger partial charge in [0.1, 0.15) is 6.61 Å². The second-order valence-corrected chi connectivity index (χ2v) is 5.79. The zero-order chi connectivity index (χ0) is 15.7. The number of piperidine rings is 1. The van der Waals surface area contributed by atoms with Crippen LogP contribution >= 0.6 is 0 Å². The molecule has 0 spiro atoms. The topological polar surface area (TPSA) is 51.2 Å². The number of ether oxygens (including phenoxy) is 3. The van der Waals surface area contributed by atoms with Crippen molar-refractivity contribution in [3.05, 3.63) is 0 Å². The Hall–Kier alpha value is -0.690. The van der Waals surface area contributed by atoms with Crippen LogP contribution in [-0.4, -0.2) is 89.1 Å². The Balaban J connectivity index is 2.40. The summed E-state index contributed by atoms with van der Waals surface area (Å²) in [5.74, 6) is 0.0743. The molecule has 1 heterocycles. The SMILES string of the molecule is COCCOCC(=O)N1CCC(CCOC)(N(C)C)CC1. The quantitative estimate of drug-likeness (QED) is 0.584. The van der Waals surface area contributed by atoms with E-state index in [0.29, 0.717) is 13.2 Å². The molecule has 0 aliphatic carbocycles. The first kappa shape index (κ1) is 18.4. The lowest BCUT2D eigenvalue weighted by Crippen LogP contribution is -2.54. The third-order valence-corrected chi connectivity index (χ3v) is 4.42. The van der Waals surface area contributed by atoms with Crippen molar-refractivity contribution in [3.63, 3.8) is 0 Å². The van der Waals surface area contributed by atoms with Crippen molar-refractivity contribution in [2.45, 2.75) is 24.8 Å². The van der Waals surface area contributed by atoms with Crippen LogP contribution < -0.4 is 0 Å². The minimum Gasteiger partial charge on any atom is -0.385 e. The maximum absolute atomic E-state index is 12.1. The fraction of sp³-hybridized carbons (Fsp3) is 0.933. The lowest BCUT2D eigenvalue weighted by atomic mass is 9.83. The van der Waals surface area contributed by atoms with Crippen LogP contribution in [0.3, 0.4) is 0 Å². The molecule has 1 amide bonds. The molecule has 1 aliphatic heterocycles. The summed E-state index contributed by atoms with van der Waals surface area (Å²) in [6.45, 7) is 3.46. The molecule has 0 aromatic carbocycles. The van der Waals surface area contributed by atoms with Gasteiger partial charge in [-0.3, -0.25) is 4.79 Å². The van der Waals surface area contributed by atoms with E-state index in [0.717, 1.165) is 39.0 Å². The van der Waals surface area contributed by atoms with Crippen molar-refractivity contribution >= 4 is 5.91 Å². The van der Waals surface area contributed by atoms with Gasteiger partial charge >= 0.3 is 0 Å². The number of hydrogen-bond acceptors (Lipinski definition) is 5. The van der Waals surface area contributed by atoms with Crippen LogP contribution in [0.5, 0.6) is 0 Å². The lowest BCUT2D eigenvalue weighted by Gasteiger charge is -2.46.